The van der Waals surface area contributed by atoms with Gasteiger partial charge in [0.15, 0.2) is 0 Å². The number of aryl methyl sites for hydroxylation is 1. The summed E-state index contributed by atoms with van der Waals surface area (Å²) in [7, 11) is 1.67. The van der Waals surface area contributed by atoms with E-state index in [1.807, 2.05) is 19.1 Å². The summed E-state index contributed by atoms with van der Waals surface area (Å²) in [6.07, 6.45) is 2.27. The maximum absolute atomic E-state index is 12.1. The van der Waals surface area contributed by atoms with Gasteiger partial charge in [-0.3, -0.25) is 4.79 Å². The van der Waals surface area contributed by atoms with E-state index in [1.54, 1.807) is 13.2 Å². The molecule has 0 bridgehead atoms. The van der Waals surface area contributed by atoms with Gasteiger partial charge in [-0.15, -0.1) is 0 Å². The van der Waals surface area contributed by atoms with Gasteiger partial charge in [0.05, 0.1) is 6.61 Å². The smallest absolute Gasteiger partial charge is 0.251 e. The van der Waals surface area contributed by atoms with E-state index >= 15 is 0 Å². The van der Waals surface area contributed by atoms with Crippen molar-refractivity contribution in [3.8, 4) is 11.8 Å². The summed E-state index contributed by atoms with van der Waals surface area (Å²) in [4.78, 5) is 12.1. The second-order valence-corrected chi connectivity index (χ2v) is 4.76. The molecule has 4 nitrogen and oxygen atoms in total. The van der Waals surface area contributed by atoms with Crippen LogP contribution in [0.25, 0.3) is 0 Å². The standard InChI is InChI=1S/C17H23NO3/c1-14-8-9-15(7-3-5-11-19)13-16(14)17(20)18-10-4-6-12-21-2/h8-9,13,19H,4-6,10-12H2,1-2H3,(H,18,20). The van der Waals surface area contributed by atoms with Crippen LogP contribution in [-0.4, -0.2) is 37.9 Å². The summed E-state index contributed by atoms with van der Waals surface area (Å²) < 4.78 is 4.97. The van der Waals surface area contributed by atoms with Crippen LogP contribution in [-0.2, 0) is 4.74 Å². The maximum Gasteiger partial charge on any atom is 0.251 e. The molecule has 0 aromatic heterocycles. The molecule has 0 atom stereocenters. The minimum absolute atomic E-state index is 0.0493. The van der Waals surface area contributed by atoms with Gasteiger partial charge in [0.2, 0.25) is 0 Å². The summed E-state index contributed by atoms with van der Waals surface area (Å²) >= 11 is 0. The minimum atomic E-state index is -0.0734. The molecule has 0 aliphatic heterocycles. The molecule has 0 radical (unpaired) electrons. The predicted octanol–water partition coefficient (Wildman–Crippen LogP) is 1.89. The fourth-order valence-corrected chi connectivity index (χ4v) is 1.83. The molecule has 0 aliphatic rings. The van der Waals surface area contributed by atoms with Gasteiger partial charge >= 0.3 is 0 Å². The van der Waals surface area contributed by atoms with Crippen molar-refractivity contribution >= 4 is 5.91 Å². The predicted molar refractivity (Wildman–Crippen MR) is 83.2 cm³/mol. The molecule has 0 unspecified atom stereocenters. The molecule has 1 aromatic rings. The Kier molecular flexibility index (Phi) is 8.18. The average Bonchev–Trinajstić information content (AvgIpc) is 2.48. The largest absolute Gasteiger partial charge is 0.395 e. The molecule has 1 rings (SSSR count). The van der Waals surface area contributed by atoms with Gasteiger partial charge in [-0.2, -0.15) is 0 Å². The van der Waals surface area contributed by atoms with Crippen molar-refractivity contribution in [2.24, 2.45) is 0 Å². The first-order valence-electron chi connectivity index (χ1n) is 7.16. The van der Waals surface area contributed by atoms with E-state index in [2.05, 4.69) is 17.2 Å². The van der Waals surface area contributed by atoms with Crippen LogP contribution in [0.4, 0.5) is 0 Å². The van der Waals surface area contributed by atoms with Crippen molar-refractivity contribution in [1.29, 1.82) is 0 Å². The van der Waals surface area contributed by atoms with Gasteiger partial charge in [0.1, 0.15) is 0 Å². The summed E-state index contributed by atoms with van der Waals surface area (Å²) in [6.45, 7) is 3.31. The van der Waals surface area contributed by atoms with E-state index < -0.39 is 0 Å². The third-order valence-electron chi connectivity index (χ3n) is 3.01. The lowest BCUT2D eigenvalue weighted by Crippen LogP contribution is -2.25. The number of methoxy groups -OCH3 is 1. The number of aliphatic hydroxyl groups excluding tert-OH is 1. The summed E-state index contributed by atoms with van der Waals surface area (Å²) in [5, 5.41) is 11.6. The van der Waals surface area contributed by atoms with Crippen LogP contribution in [0.5, 0.6) is 0 Å². The van der Waals surface area contributed by atoms with E-state index in [4.69, 9.17) is 9.84 Å². The molecule has 0 fully saturated rings. The van der Waals surface area contributed by atoms with Crippen LogP contribution in [0.1, 0.15) is 40.7 Å². The zero-order valence-electron chi connectivity index (χ0n) is 12.7. The first kappa shape index (κ1) is 17.2. The summed E-state index contributed by atoms with van der Waals surface area (Å²) in [5.41, 5.74) is 2.37. The van der Waals surface area contributed by atoms with Crippen LogP contribution >= 0.6 is 0 Å². The van der Waals surface area contributed by atoms with Crippen molar-refractivity contribution in [2.75, 3.05) is 26.9 Å². The third kappa shape index (κ3) is 6.44. The highest BCUT2D eigenvalue weighted by Gasteiger charge is 2.08. The van der Waals surface area contributed by atoms with E-state index in [1.165, 1.54) is 0 Å². The second-order valence-electron chi connectivity index (χ2n) is 4.76. The molecule has 21 heavy (non-hydrogen) atoms. The quantitative estimate of drug-likeness (QED) is 0.595. The Morgan fingerprint density at radius 1 is 1.38 bits per heavy atom. The fourth-order valence-electron chi connectivity index (χ4n) is 1.83. The number of benzene rings is 1. The topological polar surface area (TPSA) is 58.6 Å². The van der Waals surface area contributed by atoms with Crippen molar-refractivity contribution in [2.45, 2.75) is 26.2 Å². The van der Waals surface area contributed by atoms with Crippen LogP contribution in [0.15, 0.2) is 18.2 Å². The number of carbonyl (C=O) groups is 1. The van der Waals surface area contributed by atoms with E-state index in [9.17, 15) is 4.79 Å². The molecule has 0 spiro atoms. The van der Waals surface area contributed by atoms with Gasteiger partial charge in [-0.05, 0) is 37.5 Å². The molecule has 0 saturated heterocycles. The van der Waals surface area contributed by atoms with Crippen molar-refractivity contribution in [3.63, 3.8) is 0 Å². The average molecular weight is 289 g/mol. The van der Waals surface area contributed by atoms with Gasteiger partial charge in [0, 0.05) is 37.8 Å². The molecule has 0 aliphatic carbocycles. The lowest BCUT2D eigenvalue weighted by molar-refractivity contribution is 0.0950. The molecule has 2 N–H and O–H groups in total. The van der Waals surface area contributed by atoms with Crippen molar-refractivity contribution in [3.05, 3.63) is 34.9 Å². The number of hydrogen-bond acceptors (Lipinski definition) is 3. The number of hydrogen-bond donors (Lipinski definition) is 2. The van der Waals surface area contributed by atoms with Crippen LogP contribution in [0, 0.1) is 18.8 Å². The number of nitrogens with one attached hydrogen (secondary N) is 1. The monoisotopic (exact) mass is 289 g/mol. The highest BCUT2D eigenvalue weighted by Crippen LogP contribution is 2.10. The Morgan fingerprint density at radius 2 is 2.19 bits per heavy atom. The van der Waals surface area contributed by atoms with E-state index in [-0.39, 0.29) is 12.5 Å². The minimum Gasteiger partial charge on any atom is -0.395 e. The number of unbranched alkanes of at least 4 members (excludes halogenated alkanes) is 1. The SMILES string of the molecule is COCCCCNC(=O)c1cc(C#CCCO)ccc1C. The Hall–Kier alpha value is -1.83. The summed E-state index contributed by atoms with van der Waals surface area (Å²) in [5.74, 6) is 5.73. The molecule has 4 heteroatoms. The maximum atomic E-state index is 12.1. The Morgan fingerprint density at radius 3 is 2.90 bits per heavy atom. The fraction of sp³-hybridized carbons (Fsp3) is 0.471. The Balaban J connectivity index is 2.62. The number of carbonyl (C=O) groups excluding carboxylic acids is 1. The molecule has 1 amide bonds. The lowest BCUT2D eigenvalue weighted by atomic mass is 10.0. The first-order chi connectivity index (χ1) is 10.2. The molecular weight excluding hydrogens is 266 g/mol. The van der Waals surface area contributed by atoms with Gasteiger partial charge in [-0.25, -0.2) is 0 Å². The van der Waals surface area contributed by atoms with Gasteiger partial charge < -0.3 is 15.2 Å². The van der Waals surface area contributed by atoms with Gasteiger partial charge in [-0.1, -0.05) is 17.9 Å². The highest BCUT2D eigenvalue weighted by atomic mass is 16.5. The molecular formula is C17H23NO3. The van der Waals surface area contributed by atoms with E-state index in [0.717, 1.165) is 24.0 Å². The number of aliphatic hydroxyl groups is 1. The Labute approximate surface area is 126 Å². The van der Waals surface area contributed by atoms with Crippen LogP contribution in [0.3, 0.4) is 0 Å². The second kappa shape index (κ2) is 9.98. The lowest BCUT2D eigenvalue weighted by Gasteiger charge is -2.08. The normalized spacial score (nSPS) is 9.86. The molecule has 114 valence electrons. The van der Waals surface area contributed by atoms with Gasteiger partial charge in [0.25, 0.3) is 5.91 Å². The highest BCUT2D eigenvalue weighted by molar-refractivity contribution is 5.96. The Bertz CT molecular complexity index is 515. The number of ether oxygens (including phenoxy) is 1. The molecule has 0 saturated carbocycles. The summed E-state index contributed by atoms with van der Waals surface area (Å²) in [6, 6.07) is 5.57. The number of rotatable bonds is 7. The van der Waals surface area contributed by atoms with Crippen LogP contribution in [0.2, 0.25) is 0 Å². The zero-order chi connectivity index (χ0) is 15.5. The third-order valence-corrected chi connectivity index (χ3v) is 3.01. The van der Waals surface area contributed by atoms with E-state index in [0.29, 0.717) is 25.1 Å². The molecule has 0 heterocycles. The van der Waals surface area contributed by atoms with Crippen molar-refractivity contribution < 1.29 is 14.6 Å². The molecule has 1 aromatic carbocycles. The first-order valence-corrected chi connectivity index (χ1v) is 7.16. The zero-order valence-corrected chi connectivity index (χ0v) is 12.7. The van der Waals surface area contributed by atoms with Crippen LogP contribution < -0.4 is 5.32 Å². The number of amides is 1. The van der Waals surface area contributed by atoms with Crippen molar-refractivity contribution in [1.82, 2.24) is 5.32 Å².